The van der Waals surface area contributed by atoms with E-state index >= 15 is 0 Å². The Bertz CT molecular complexity index is 6.04. The van der Waals surface area contributed by atoms with Crippen molar-refractivity contribution >= 4 is 0 Å². The van der Waals surface area contributed by atoms with Crippen molar-refractivity contribution in [2.24, 2.45) is 0 Å². The number of hydrogen-bond donors (Lipinski definition) is 0. The summed E-state index contributed by atoms with van der Waals surface area (Å²) in [6.07, 6.45) is 0. The van der Waals surface area contributed by atoms with Gasteiger partial charge < -0.3 is 27.4 Å². The van der Waals surface area contributed by atoms with E-state index in [0.29, 0.717) is 0 Å². The second-order valence-electron chi connectivity index (χ2n) is 0. The zero-order valence-electron chi connectivity index (χ0n) is 3.09. The quantitative estimate of drug-likeness (QED) is 0.484. The molecule has 0 atom stereocenters. The third-order valence-electron chi connectivity index (χ3n) is 0. The second-order valence-corrected chi connectivity index (χ2v) is 0. The van der Waals surface area contributed by atoms with Gasteiger partial charge in [0.25, 0.3) is 0 Å². The van der Waals surface area contributed by atoms with Crippen LogP contribution in [0.25, 0.3) is 0 Å². The van der Waals surface area contributed by atoms with E-state index in [1.165, 1.54) is 0 Å². The predicted octanol–water partition coefficient (Wildman–Crippen LogP) is -0.831. The van der Waals surface area contributed by atoms with Crippen LogP contribution in [-0.2, 0) is 42.6 Å². The van der Waals surface area contributed by atoms with Gasteiger partial charge in [0.1, 0.15) is 0 Å². The normalized spacial score (nSPS) is 0. The van der Waals surface area contributed by atoms with E-state index in [2.05, 4.69) is 0 Å². The van der Waals surface area contributed by atoms with Crippen molar-refractivity contribution in [3.05, 3.63) is 0 Å². The maximum absolute atomic E-state index is 0. The molecule has 0 saturated carbocycles. The Balaban J connectivity index is 0. The Morgan fingerprint density at radius 3 is 0.429 bits per heavy atom. The van der Waals surface area contributed by atoms with Crippen LogP contribution in [0.4, 0.5) is 0 Å². The molecular formula is H4O5V2-6. The van der Waals surface area contributed by atoms with E-state index < -0.39 is 0 Å². The van der Waals surface area contributed by atoms with E-state index in [1.807, 2.05) is 0 Å². The Kier molecular flexibility index (Phi) is 15600. The molecule has 7 heavy (non-hydrogen) atoms. The molecule has 0 aliphatic rings. The Hall–Kier alpha value is 0.969. The summed E-state index contributed by atoms with van der Waals surface area (Å²) in [4.78, 5) is 0. The largest absolute Gasteiger partial charge is 2.00 e. The molecule has 0 aromatic heterocycles. The van der Waals surface area contributed by atoms with E-state index in [0.717, 1.165) is 0 Å². The van der Waals surface area contributed by atoms with Crippen LogP contribution >= 0.6 is 0 Å². The SMILES string of the molecule is [O-2].[OH-].[OH-].[OH-].[OH-].[V].[V]. The minimum absolute atomic E-state index is 0. The van der Waals surface area contributed by atoms with Crippen molar-refractivity contribution in [2.75, 3.05) is 0 Å². The van der Waals surface area contributed by atoms with Crippen LogP contribution in [0.2, 0.25) is 0 Å². The first-order valence-corrected chi connectivity index (χ1v) is 0. The molecule has 0 unspecified atom stereocenters. The fourth-order valence-corrected chi connectivity index (χ4v) is 0. The Labute approximate surface area is 64.8 Å². The number of hydrogen-bond acceptors (Lipinski definition) is 4. The predicted molar refractivity (Wildman–Crippen MR) is 8.43 cm³/mol. The van der Waals surface area contributed by atoms with Gasteiger partial charge in [0, 0.05) is 37.1 Å². The topological polar surface area (TPSA) is 148 Å². The first-order valence-electron chi connectivity index (χ1n) is 0. The van der Waals surface area contributed by atoms with Gasteiger partial charge in [-0.3, -0.25) is 0 Å². The molecule has 2 radical (unpaired) electrons. The third-order valence-corrected chi connectivity index (χ3v) is 0. The molecular weight excluding hydrogens is 182 g/mol. The minimum Gasteiger partial charge on any atom is -2.00 e. The van der Waals surface area contributed by atoms with Crippen molar-refractivity contribution in [3.63, 3.8) is 0 Å². The zero-order chi connectivity index (χ0) is 0. The van der Waals surface area contributed by atoms with E-state index in [1.54, 1.807) is 0 Å². The van der Waals surface area contributed by atoms with E-state index in [9.17, 15) is 0 Å². The van der Waals surface area contributed by atoms with Gasteiger partial charge in [-0.25, -0.2) is 0 Å². The van der Waals surface area contributed by atoms with Gasteiger partial charge >= 0.3 is 0 Å². The maximum Gasteiger partial charge on any atom is 0 e. The molecule has 5 nitrogen and oxygen atoms in total. The average Bonchev–Trinajstić information content (AvgIpc) is 0. The third kappa shape index (κ3) is 183. The first-order chi connectivity index (χ1) is 0. The van der Waals surface area contributed by atoms with Crippen molar-refractivity contribution in [2.45, 2.75) is 0 Å². The van der Waals surface area contributed by atoms with Gasteiger partial charge in [0.2, 0.25) is 0 Å². The first kappa shape index (κ1) is 412. The van der Waals surface area contributed by atoms with Crippen molar-refractivity contribution in [1.82, 2.24) is 0 Å². The van der Waals surface area contributed by atoms with E-state index in [4.69, 9.17) is 0 Å². The average molecular weight is 186 g/mol. The van der Waals surface area contributed by atoms with Crippen LogP contribution < -0.4 is 0 Å². The molecule has 7 heteroatoms. The standard InChI is InChI=1S/4H2O.O.2V/h4*1H2;;;/q;;;;-2;;/p-4. The molecule has 50 valence electrons. The van der Waals surface area contributed by atoms with Crippen LogP contribution in [-0.4, -0.2) is 21.9 Å². The van der Waals surface area contributed by atoms with Crippen LogP contribution in [0.3, 0.4) is 0 Å². The molecule has 0 fully saturated rings. The summed E-state index contributed by atoms with van der Waals surface area (Å²) >= 11 is 0. The summed E-state index contributed by atoms with van der Waals surface area (Å²) in [5.41, 5.74) is 0. The van der Waals surface area contributed by atoms with Crippen molar-refractivity contribution < 1.29 is 64.5 Å². The monoisotopic (exact) mass is 186 g/mol. The van der Waals surface area contributed by atoms with Crippen molar-refractivity contribution in [3.8, 4) is 0 Å². The molecule has 0 heterocycles. The molecule has 0 amide bonds. The van der Waals surface area contributed by atoms with Crippen LogP contribution in [0.5, 0.6) is 0 Å². The van der Waals surface area contributed by atoms with Crippen LogP contribution in [0, 0.1) is 0 Å². The van der Waals surface area contributed by atoms with Gasteiger partial charge in [-0.05, 0) is 0 Å². The molecule has 0 rings (SSSR count). The molecule has 0 bridgehead atoms. The van der Waals surface area contributed by atoms with Crippen LogP contribution in [0.1, 0.15) is 0 Å². The van der Waals surface area contributed by atoms with Gasteiger partial charge in [-0.1, -0.05) is 0 Å². The molecule has 0 aromatic carbocycles. The summed E-state index contributed by atoms with van der Waals surface area (Å²) < 4.78 is 0. The van der Waals surface area contributed by atoms with Crippen LogP contribution in [0.15, 0.2) is 0 Å². The molecule has 0 aliphatic heterocycles. The fraction of sp³-hybridized carbons (Fsp3) is 0. The fourth-order valence-electron chi connectivity index (χ4n) is 0. The smallest absolute Gasteiger partial charge is 0 e. The van der Waals surface area contributed by atoms with E-state index in [-0.39, 0.29) is 64.5 Å². The van der Waals surface area contributed by atoms with Gasteiger partial charge in [0.05, 0.1) is 0 Å². The van der Waals surface area contributed by atoms with Gasteiger partial charge in [-0.15, -0.1) is 0 Å². The molecule has 0 aliphatic carbocycles. The zero-order valence-corrected chi connectivity index (χ0v) is 5.88. The molecule has 0 aromatic rings. The summed E-state index contributed by atoms with van der Waals surface area (Å²) in [5.74, 6) is 0. The Morgan fingerprint density at radius 2 is 0.429 bits per heavy atom. The minimum atomic E-state index is 0. The van der Waals surface area contributed by atoms with Gasteiger partial charge in [0.15, 0.2) is 0 Å². The molecule has 4 N–H and O–H groups in total. The molecule has 0 saturated heterocycles. The summed E-state index contributed by atoms with van der Waals surface area (Å²) in [7, 11) is 0. The summed E-state index contributed by atoms with van der Waals surface area (Å²) in [6, 6.07) is 0. The number of rotatable bonds is 0. The Morgan fingerprint density at radius 1 is 0.429 bits per heavy atom. The van der Waals surface area contributed by atoms with Gasteiger partial charge in [-0.2, -0.15) is 0 Å². The summed E-state index contributed by atoms with van der Waals surface area (Å²) in [5, 5.41) is 0. The molecule has 0 spiro atoms. The van der Waals surface area contributed by atoms with Crippen molar-refractivity contribution in [1.29, 1.82) is 0 Å². The second kappa shape index (κ2) is 265. The summed E-state index contributed by atoms with van der Waals surface area (Å²) in [6.45, 7) is 0. The maximum atomic E-state index is 0.